The molecular formula is C80H100O6. The Kier molecular flexibility index (Phi) is 16.0. The third-order valence-corrected chi connectivity index (χ3v) is 24.5. The zero-order valence-corrected chi connectivity index (χ0v) is 53.5. The molecule has 6 aromatic carbocycles. The lowest BCUT2D eigenvalue weighted by molar-refractivity contribution is -0.0287. The van der Waals surface area contributed by atoms with E-state index in [0.717, 1.165) is 224 Å². The van der Waals surface area contributed by atoms with Crippen molar-refractivity contribution >= 4 is 0 Å². The highest BCUT2D eigenvalue weighted by atomic mass is 16.3. The van der Waals surface area contributed by atoms with E-state index in [0.29, 0.717) is 46.3 Å². The predicted molar refractivity (Wildman–Crippen MR) is 350 cm³/mol. The number of aryl methyl sites for hydroxylation is 6. The third-order valence-electron chi connectivity index (χ3n) is 24.5. The van der Waals surface area contributed by atoms with Gasteiger partial charge >= 0.3 is 0 Å². The maximum Gasteiger partial charge on any atom is 0.122 e. The Balaban J connectivity index is 0.987. The van der Waals surface area contributed by atoms with E-state index in [-0.39, 0.29) is 46.3 Å². The van der Waals surface area contributed by atoms with Crippen molar-refractivity contribution in [2.45, 2.75) is 269 Å². The van der Waals surface area contributed by atoms with E-state index in [1.807, 2.05) is 24.3 Å². The van der Waals surface area contributed by atoms with E-state index in [1.165, 1.54) is 54.4 Å². The Labute approximate surface area is 514 Å². The molecule has 0 radical (unpaired) electrons. The number of rotatable bonds is 12. The summed E-state index contributed by atoms with van der Waals surface area (Å²) >= 11 is 0. The van der Waals surface area contributed by atoms with E-state index < -0.39 is 0 Å². The molecular weight excluding hydrogens is 1060 g/mol. The molecule has 0 heterocycles. The lowest BCUT2D eigenvalue weighted by Gasteiger charge is -2.63. The van der Waals surface area contributed by atoms with Gasteiger partial charge in [-0.15, -0.1) is 0 Å². The summed E-state index contributed by atoms with van der Waals surface area (Å²) in [5, 5.41) is 73.7. The Morgan fingerprint density at radius 3 is 0.837 bits per heavy atom. The predicted octanol–water partition coefficient (Wildman–Crippen LogP) is 20.7. The van der Waals surface area contributed by atoms with Crippen LogP contribution in [0.5, 0.6) is 34.5 Å². The summed E-state index contributed by atoms with van der Waals surface area (Å²) in [6.45, 7) is 17.5. The molecule has 456 valence electrons. The Bertz CT molecular complexity index is 3180. The van der Waals surface area contributed by atoms with E-state index >= 15 is 0 Å². The molecule has 8 saturated carbocycles. The van der Waals surface area contributed by atoms with Crippen LogP contribution in [0.3, 0.4) is 0 Å². The van der Waals surface area contributed by atoms with Gasteiger partial charge in [-0.3, -0.25) is 0 Å². The van der Waals surface area contributed by atoms with Crippen molar-refractivity contribution in [3.8, 4) is 34.5 Å². The largest absolute Gasteiger partial charge is 0.508 e. The van der Waals surface area contributed by atoms with Gasteiger partial charge in [-0.2, -0.15) is 0 Å². The van der Waals surface area contributed by atoms with Crippen LogP contribution in [0.25, 0.3) is 0 Å². The van der Waals surface area contributed by atoms with Crippen LogP contribution in [0.15, 0.2) is 60.7 Å². The first-order chi connectivity index (χ1) is 41.3. The smallest absolute Gasteiger partial charge is 0.122 e. The van der Waals surface area contributed by atoms with Crippen molar-refractivity contribution in [1.29, 1.82) is 0 Å². The van der Waals surface area contributed by atoms with Gasteiger partial charge in [-0.05, 0) is 316 Å². The molecule has 8 aliphatic rings. The van der Waals surface area contributed by atoms with Crippen molar-refractivity contribution in [3.63, 3.8) is 0 Å². The van der Waals surface area contributed by atoms with Crippen molar-refractivity contribution in [3.05, 3.63) is 172 Å². The van der Waals surface area contributed by atoms with Crippen LogP contribution in [0.4, 0.5) is 0 Å². The summed E-state index contributed by atoms with van der Waals surface area (Å²) in [6, 6.07) is 22.1. The zero-order valence-electron chi connectivity index (χ0n) is 53.5. The normalized spacial score (nSPS) is 24.2. The Morgan fingerprint density at radius 1 is 0.326 bits per heavy atom. The van der Waals surface area contributed by atoms with Crippen LogP contribution in [0.2, 0.25) is 0 Å². The summed E-state index contributed by atoms with van der Waals surface area (Å²) < 4.78 is 0. The molecule has 0 saturated heterocycles. The van der Waals surface area contributed by atoms with Gasteiger partial charge in [0.25, 0.3) is 0 Å². The maximum atomic E-state index is 13.1. The molecule has 0 aliphatic heterocycles. The molecule has 0 spiro atoms. The van der Waals surface area contributed by atoms with Crippen molar-refractivity contribution in [2.75, 3.05) is 0 Å². The molecule has 6 nitrogen and oxygen atoms in total. The highest BCUT2D eigenvalue weighted by molar-refractivity contribution is 5.66. The highest BCUT2D eigenvalue weighted by Crippen LogP contribution is 2.68. The van der Waals surface area contributed by atoms with Crippen LogP contribution in [0.1, 0.15) is 314 Å². The van der Waals surface area contributed by atoms with Gasteiger partial charge in [0.2, 0.25) is 0 Å². The number of hydrogen-bond donors (Lipinski definition) is 6. The molecule has 0 amide bonds. The maximum absolute atomic E-state index is 13.1. The summed E-state index contributed by atoms with van der Waals surface area (Å²) in [7, 11) is 0. The summed E-state index contributed by atoms with van der Waals surface area (Å²) in [5.41, 5.74) is 21.2. The van der Waals surface area contributed by atoms with Gasteiger partial charge in [0, 0.05) is 23.0 Å². The fourth-order valence-electron chi connectivity index (χ4n) is 20.6. The number of phenols is 6. The van der Waals surface area contributed by atoms with Crippen molar-refractivity contribution < 1.29 is 30.6 Å². The quantitative estimate of drug-likeness (QED) is 0.0679. The molecule has 6 aromatic rings. The molecule has 4 bridgehead atoms. The summed E-state index contributed by atoms with van der Waals surface area (Å²) in [6.07, 6.45) is 29.4. The SMILES string of the molecule is Cc1cc(O)c(C2CCCCC2)cc1C(c1cc(C2CCCCC2)c(O)cc1C)c1c(C)c(C23CC4CC(C2)CC(c2cc(C)c(O)c(C(c5cc(C6CCCCC6)c(O)cc5C)c5cc(C6CCCCC6)c(O)cc5C)c2C)(C4)C3)cc(C)c1O. The second-order valence-corrected chi connectivity index (χ2v) is 30.1. The molecule has 8 fully saturated rings. The van der Waals surface area contributed by atoms with Gasteiger partial charge < -0.3 is 30.6 Å². The number of benzene rings is 6. The van der Waals surface area contributed by atoms with Crippen LogP contribution in [-0.4, -0.2) is 30.6 Å². The van der Waals surface area contributed by atoms with Gasteiger partial charge in [0.15, 0.2) is 0 Å². The van der Waals surface area contributed by atoms with Crippen LogP contribution in [0, 0.1) is 67.2 Å². The van der Waals surface area contributed by atoms with E-state index in [1.54, 1.807) is 0 Å². The monoisotopic (exact) mass is 1160 g/mol. The molecule has 6 N–H and O–H groups in total. The van der Waals surface area contributed by atoms with Gasteiger partial charge in [0.05, 0.1) is 0 Å². The van der Waals surface area contributed by atoms with Crippen molar-refractivity contribution in [2.24, 2.45) is 11.8 Å². The van der Waals surface area contributed by atoms with Crippen LogP contribution in [-0.2, 0) is 10.8 Å². The highest BCUT2D eigenvalue weighted by Gasteiger charge is 2.60. The first kappa shape index (κ1) is 59.1. The minimum atomic E-state index is -0.340. The molecule has 14 rings (SSSR count). The van der Waals surface area contributed by atoms with E-state index in [2.05, 4.69) is 91.8 Å². The molecule has 0 unspecified atom stereocenters. The topological polar surface area (TPSA) is 121 Å². The number of phenolic OH excluding ortho intramolecular Hbond substituents is 6. The fourth-order valence-corrected chi connectivity index (χ4v) is 20.6. The molecule has 0 aromatic heterocycles. The van der Waals surface area contributed by atoms with Crippen molar-refractivity contribution in [1.82, 2.24) is 0 Å². The average Bonchev–Trinajstić information content (AvgIpc) is 0.716. The fraction of sp³-hybridized carbons (Fsp3) is 0.550. The minimum absolute atomic E-state index is 0.164. The lowest BCUT2D eigenvalue weighted by atomic mass is 9.41. The second-order valence-electron chi connectivity index (χ2n) is 30.1. The average molecular weight is 1160 g/mol. The van der Waals surface area contributed by atoms with Gasteiger partial charge in [0.1, 0.15) is 34.5 Å². The standard InChI is InChI=1S/C80H100O6/c1-45-31-69(81)63(55-21-13-9-14-22-55)36-59(45)75(60-37-64(70(82)32-46(60)2)56-23-15-10-16-24-56)73-51(7)67(29-49(5)77(73)85)79-40-53-35-54(41-79)43-80(42-53,44-79)68-30-50(6)78(86)74(52(68)8)76(61-38-65(71(83)33-47(61)3)57-25-17-11-18-26-57)62-39-66(72(84)34-48(62)4)58-27-19-12-20-28-58/h29-34,36-39,53-58,75-76,81-86H,9-28,35,40-44H2,1-8H3. The third kappa shape index (κ3) is 10.3. The van der Waals surface area contributed by atoms with Crippen LogP contribution < -0.4 is 0 Å². The summed E-state index contributed by atoms with van der Waals surface area (Å²) in [4.78, 5) is 0. The second kappa shape index (κ2) is 23.2. The first-order valence-electron chi connectivity index (χ1n) is 34.3. The number of hydrogen-bond acceptors (Lipinski definition) is 6. The molecule has 0 atom stereocenters. The Morgan fingerprint density at radius 2 is 0.581 bits per heavy atom. The number of aromatic hydroxyl groups is 6. The van der Waals surface area contributed by atoms with Gasteiger partial charge in [-0.25, -0.2) is 0 Å². The molecule has 8 aliphatic carbocycles. The first-order valence-corrected chi connectivity index (χ1v) is 34.3. The van der Waals surface area contributed by atoms with E-state index in [9.17, 15) is 30.6 Å². The summed E-state index contributed by atoms with van der Waals surface area (Å²) in [5.74, 6) is 3.70. The Hall–Kier alpha value is -5.88. The molecule has 6 heteroatoms. The van der Waals surface area contributed by atoms with E-state index in [4.69, 9.17) is 0 Å². The lowest BCUT2D eigenvalue weighted by Crippen LogP contribution is -2.56. The minimum Gasteiger partial charge on any atom is -0.508 e. The van der Waals surface area contributed by atoms with Crippen LogP contribution >= 0.6 is 0 Å². The zero-order chi connectivity index (χ0) is 60.1. The molecule has 86 heavy (non-hydrogen) atoms. The van der Waals surface area contributed by atoms with Gasteiger partial charge in [-0.1, -0.05) is 113 Å².